The van der Waals surface area contributed by atoms with E-state index < -0.39 is 10.0 Å². The van der Waals surface area contributed by atoms with E-state index in [1.54, 1.807) is 19.2 Å². The number of nitrogens with zero attached hydrogens (tertiary/aromatic N) is 2. The molecule has 2 aromatic carbocycles. The standard InChI is InChI=1S/C25H33N3O4S/c1-7-31-16-17-32-24-22(19-10-8-18(2)9-11-19)23(28(6)26-24)27-33(29,30)21-14-12-20(13-15-21)25(3,4)5/h8-15,27H,7,16-17H2,1-6H3. The van der Waals surface area contributed by atoms with Gasteiger partial charge in [0.05, 0.1) is 17.1 Å². The van der Waals surface area contributed by atoms with Gasteiger partial charge in [-0.15, -0.1) is 5.10 Å². The lowest BCUT2D eigenvalue weighted by Gasteiger charge is -2.19. The second-order valence-corrected chi connectivity index (χ2v) is 10.6. The number of anilines is 1. The predicted molar refractivity (Wildman–Crippen MR) is 131 cm³/mol. The zero-order valence-corrected chi connectivity index (χ0v) is 21.0. The number of nitrogens with one attached hydrogen (secondary N) is 1. The molecule has 0 saturated heterocycles. The highest BCUT2D eigenvalue weighted by Gasteiger charge is 2.25. The molecule has 178 valence electrons. The van der Waals surface area contributed by atoms with Crippen molar-refractivity contribution >= 4 is 15.8 Å². The summed E-state index contributed by atoms with van der Waals surface area (Å²) in [7, 11) is -2.16. The summed E-state index contributed by atoms with van der Waals surface area (Å²) in [5, 5.41) is 4.44. The van der Waals surface area contributed by atoms with Gasteiger partial charge in [0.2, 0.25) is 5.88 Å². The van der Waals surface area contributed by atoms with Crippen molar-refractivity contribution in [1.29, 1.82) is 0 Å². The Morgan fingerprint density at radius 2 is 1.64 bits per heavy atom. The fourth-order valence-electron chi connectivity index (χ4n) is 3.36. The molecule has 0 radical (unpaired) electrons. The summed E-state index contributed by atoms with van der Waals surface area (Å²) in [5.41, 5.74) is 3.49. The van der Waals surface area contributed by atoms with Crippen LogP contribution in [0.4, 0.5) is 5.82 Å². The Kier molecular flexibility index (Phi) is 7.49. The highest BCUT2D eigenvalue weighted by Crippen LogP contribution is 2.37. The van der Waals surface area contributed by atoms with Gasteiger partial charge in [-0.1, -0.05) is 62.7 Å². The Bertz CT molecular complexity index is 1180. The van der Waals surface area contributed by atoms with Crippen LogP contribution in [0.3, 0.4) is 0 Å². The van der Waals surface area contributed by atoms with Crippen LogP contribution in [0.1, 0.15) is 38.8 Å². The van der Waals surface area contributed by atoms with Gasteiger partial charge in [-0.3, -0.25) is 4.72 Å². The zero-order chi connectivity index (χ0) is 24.2. The summed E-state index contributed by atoms with van der Waals surface area (Å²) in [4.78, 5) is 0.186. The molecule has 7 nitrogen and oxygen atoms in total. The maximum atomic E-state index is 13.2. The Morgan fingerprint density at radius 3 is 2.21 bits per heavy atom. The van der Waals surface area contributed by atoms with Crippen molar-refractivity contribution in [1.82, 2.24) is 9.78 Å². The van der Waals surface area contributed by atoms with Crippen molar-refractivity contribution in [2.24, 2.45) is 7.05 Å². The lowest BCUT2D eigenvalue weighted by atomic mass is 9.87. The number of aromatic nitrogens is 2. The van der Waals surface area contributed by atoms with Crippen LogP contribution in [-0.4, -0.2) is 38.0 Å². The predicted octanol–water partition coefficient (Wildman–Crippen LogP) is 4.91. The van der Waals surface area contributed by atoms with Crippen LogP contribution < -0.4 is 9.46 Å². The number of benzene rings is 2. The van der Waals surface area contributed by atoms with Crippen LogP contribution in [0.25, 0.3) is 11.1 Å². The minimum absolute atomic E-state index is 0.0654. The molecule has 0 bridgehead atoms. The second kappa shape index (κ2) is 9.97. The number of aryl methyl sites for hydroxylation is 2. The van der Waals surface area contributed by atoms with Gasteiger partial charge in [-0.2, -0.15) is 0 Å². The van der Waals surface area contributed by atoms with E-state index in [0.717, 1.165) is 16.7 Å². The van der Waals surface area contributed by atoms with Crippen LogP contribution in [0.2, 0.25) is 0 Å². The lowest BCUT2D eigenvalue weighted by molar-refractivity contribution is 0.108. The van der Waals surface area contributed by atoms with Crippen LogP contribution >= 0.6 is 0 Å². The van der Waals surface area contributed by atoms with E-state index in [9.17, 15) is 8.42 Å². The first-order valence-electron chi connectivity index (χ1n) is 11.0. The van der Waals surface area contributed by atoms with E-state index in [4.69, 9.17) is 9.47 Å². The molecule has 3 aromatic rings. The van der Waals surface area contributed by atoms with Gasteiger partial charge in [-0.25, -0.2) is 13.1 Å². The topological polar surface area (TPSA) is 82.4 Å². The number of hydrogen-bond donors (Lipinski definition) is 1. The van der Waals surface area contributed by atoms with Gasteiger partial charge in [0.25, 0.3) is 10.0 Å². The van der Waals surface area contributed by atoms with E-state index in [1.165, 1.54) is 4.68 Å². The van der Waals surface area contributed by atoms with Crippen LogP contribution in [0, 0.1) is 6.92 Å². The van der Waals surface area contributed by atoms with Crippen molar-refractivity contribution in [2.45, 2.75) is 44.9 Å². The molecule has 33 heavy (non-hydrogen) atoms. The molecule has 3 rings (SSSR count). The van der Waals surface area contributed by atoms with Crippen molar-refractivity contribution in [2.75, 3.05) is 24.5 Å². The molecule has 0 aliphatic carbocycles. The molecule has 0 fully saturated rings. The van der Waals surface area contributed by atoms with E-state index in [2.05, 4.69) is 30.6 Å². The van der Waals surface area contributed by atoms with Crippen molar-refractivity contribution in [3.63, 3.8) is 0 Å². The van der Waals surface area contributed by atoms with Gasteiger partial charge in [0, 0.05) is 13.7 Å². The van der Waals surface area contributed by atoms with E-state index >= 15 is 0 Å². The van der Waals surface area contributed by atoms with E-state index in [1.807, 2.05) is 50.2 Å². The van der Waals surface area contributed by atoms with Crippen molar-refractivity contribution in [3.05, 3.63) is 59.7 Å². The average molecular weight is 472 g/mol. The monoisotopic (exact) mass is 471 g/mol. The number of hydrogen-bond acceptors (Lipinski definition) is 5. The largest absolute Gasteiger partial charge is 0.474 e. The smallest absolute Gasteiger partial charge is 0.263 e. The second-order valence-electron chi connectivity index (χ2n) is 8.94. The molecular weight excluding hydrogens is 438 g/mol. The Hall–Kier alpha value is -2.84. The normalized spacial score (nSPS) is 12.1. The Balaban J connectivity index is 1.99. The van der Waals surface area contributed by atoms with Gasteiger partial charge in [0.15, 0.2) is 0 Å². The molecule has 0 aliphatic rings. The summed E-state index contributed by atoms with van der Waals surface area (Å²) < 4.78 is 41.9. The Labute approximate surface area is 196 Å². The summed E-state index contributed by atoms with van der Waals surface area (Å²) in [6.45, 7) is 11.5. The number of ether oxygens (including phenoxy) is 2. The summed E-state index contributed by atoms with van der Waals surface area (Å²) in [6, 6.07) is 14.7. The van der Waals surface area contributed by atoms with Crippen LogP contribution in [-0.2, 0) is 27.2 Å². The third kappa shape index (κ3) is 5.94. The first-order valence-corrected chi connectivity index (χ1v) is 12.5. The molecular formula is C25H33N3O4S. The molecule has 1 N–H and O–H groups in total. The molecule has 0 saturated carbocycles. The quantitative estimate of drug-likeness (QED) is 0.449. The summed E-state index contributed by atoms with van der Waals surface area (Å²) >= 11 is 0. The van der Waals surface area contributed by atoms with Gasteiger partial charge in [-0.05, 0) is 42.5 Å². The third-order valence-electron chi connectivity index (χ3n) is 5.29. The first kappa shape index (κ1) is 24.8. The van der Waals surface area contributed by atoms with Gasteiger partial charge < -0.3 is 9.47 Å². The fraction of sp³-hybridized carbons (Fsp3) is 0.400. The summed E-state index contributed by atoms with van der Waals surface area (Å²) in [6.07, 6.45) is 0. The number of rotatable bonds is 9. The molecule has 0 aliphatic heterocycles. The van der Waals surface area contributed by atoms with E-state index in [0.29, 0.717) is 37.1 Å². The van der Waals surface area contributed by atoms with Gasteiger partial charge in [0.1, 0.15) is 12.4 Å². The summed E-state index contributed by atoms with van der Waals surface area (Å²) in [5.74, 6) is 0.687. The third-order valence-corrected chi connectivity index (χ3v) is 6.64. The van der Waals surface area contributed by atoms with Crippen molar-refractivity contribution < 1.29 is 17.9 Å². The highest BCUT2D eigenvalue weighted by molar-refractivity contribution is 7.92. The molecule has 8 heteroatoms. The zero-order valence-electron chi connectivity index (χ0n) is 20.2. The molecule has 0 atom stereocenters. The lowest BCUT2D eigenvalue weighted by Crippen LogP contribution is -2.17. The molecule has 0 spiro atoms. The van der Waals surface area contributed by atoms with Crippen molar-refractivity contribution in [3.8, 4) is 17.0 Å². The first-order chi connectivity index (χ1) is 15.5. The minimum Gasteiger partial charge on any atom is -0.474 e. The molecule has 1 heterocycles. The molecule has 1 aromatic heterocycles. The van der Waals surface area contributed by atoms with Crippen LogP contribution in [0.15, 0.2) is 53.4 Å². The van der Waals surface area contributed by atoms with E-state index in [-0.39, 0.29) is 10.3 Å². The molecule has 0 amide bonds. The Morgan fingerprint density at radius 1 is 1.00 bits per heavy atom. The maximum Gasteiger partial charge on any atom is 0.263 e. The number of sulfonamides is 1. The SMILES string of the molecule is CCOCCOc1nn(C)c(NS(=O)(=O)c2ccc(C(C)(C)C)cc2)c1-c1ccc(C)cc1. The fourth-order valence-corrected chi connectivity index (χ4v) is 4.46. The average Bonchev–Trinajstić information content (AvgIpc) is 3.06. The molecule has 0 unspecified atom stereocenters. The maximum absolute atomic E-state index is 13.2. The minimum atomic E-state index is -3.84. The van der Waals surface area contributed by atoms with Crippen LogP contribution in [0.5, 0.6) is 5.88 Å². The van der Waals surface area contributed by atoms with Gasteiger partial charge >= 0.3 is 0 Å². The highest BCUT2D eigenvalue weighted by atomic mass is 32.2.